The van der Waals surface area contributed by atoms with E-state index in [9.17, 15) is 4.79 Å². The predicted molar refractivity (Wildman–Crippen MR) is 114 cm³/mol. The zero-order valence-electron chi connectivity index (χ0n) is 16.0. The first-order valence-electron chi connectivity index (χ1n) is 8.94. The Bertz CT molecular complexity index is 1120. The molecule has 148 valence electrons. The van der Waals surface area contributed by atoms with Crippen molar-refractivity contribution in [1.29, 1.82) is 0 Å². The molecule has 1 N–H and O–H groups in total. The molecule has 29 heavy (non-hydrogen) atoms. The molecule has 4 aromatic rings. The zero-order chi connectivity index (χ0) is 20.2. The summed E-state index contributed by atoms with van der Waals surface area (Å²) < 4.78 is 7.19. The van der Waals surface area contributed by atoms with E-state index in [2.05, 4.69) is 46.5 Å². The van der Waals surface area contributed by atoms with Gasteiger partial charge in [-0.05, 0) is 43.2 Å². The van der Waals surface area contributed by atoms with Crippen LogP contribution in [0.5, 0.6) is 0 Å². The molecule has 1 amide bonds. The number of anilines is 1. The van der Waals surface area contributed by atoms with E-state index in [1.165, 1.54) is 34.2 Å². The van der Waals surface area contributed by atoms with Crippen molar-refractivity contribution in [2.45, 2.75) is 25.5 Å². The Balaban J connectivity index is 1.34. The van der Waals surface area contributed by atoms with Gasteiger partial charge in [0.05, 0.1) is 24.3 Å². The van der Waals surface area contributed by atoms with E-state index in [0.717, 1.165) is 17.0 Å². The number of thioether (sulfide) groups is 1. The first-order valence-corrected chi connectivity index (χ1v) is 10.8. The van der Waals surface area contributed by atoms with Crippen LogP contribution in [0, 0.1) is 13.8 Å². The first kappa shape index (κ1) is 19.4. The van der Waals surface area contributed by atoms with Gasteiger partial charge in [0, 0.05) is 10.9 Å². The second kappa shape index (κ2) is 8.62. The molecule has 1 aromatic carbocycles. The number of furan rings is 1. The van der Waals surface area contributed by atoms with Gasteiger partial charge in [0.1, 0.15) is 12.1 Å². The van der Waals surface area contributed by atoms with Crippen molar-refractivity contribution in [1.82, 2.24) is 19.7 Å². The highest BCUT2D eigenvalue weighted by Crippen LogP contribution is 2.27. The number of nitrogens with one attached hydrogen (secondary N) is 1. The van der Waals surface area contributed by atoms with Gasteiger partial charge in [-0.1, -0.05) is 23.9 Å². The molecule has 0 aliphatic rings. The second-order valence-corrected chi connectivity index (χ2v) is 8.30. The quantitative estimate of drug-likeness (QED) is 0.442. The van der Waals surface area contributed by atoms with Crippen molar-refractivity contribution in [3.05, 3.63) is 65.2 Å². The van der Waals surface area contributed by atoms with Crippen LogP contribution in [0.3, 0.4) is 0 Å². The van der Waals surface area contributed by atoms with Crippen LogP contribution >= 0.6 is 23.1 Å². The molecular formula is C20H19N5O2S2. The van der Waals surface area contributed by atoms with Crippen LogP contribution in [0.2, 0.25) is 0 Å². The Kier molecular flexibility index (Phi) is 5.77. The molecule has 0 saturated carbocycles. The average Bonchev–Trinajstić information content (AvgIpc) is 3.45. The number of benzene rings is 1. The van der Waals surface area contributed by atoms with Crippen molar-refractivity contribution >= 4 is 34.1 Å². The lowest BCUT2D eigenvalue weighted by Crippen LogP contribution is -2.14. The minimum atomic E-state index is -0.136. The van der Waals surface area contributed by atoms with E-state index in [4.69, 9.17) is 4.42 Å². The Morgan fingerprint density at radius 1 is 1.28 bits per heavy atom. The summed E-state index contributed by atoms with van der Waals surface area (Å²) in [4.78, 5) is 16.9. The van der Waals surface area contributed by atoms with Gasteiger partial charge in [-0.25, -0.2) is 4.98 Å². The standard InChI is InChI=1S/C20H19N5O2S2/c1-13-5-6-15(8-14(13)2)17-10-28-19(22-17)23-18(26)11-29-20-24-21-12-25(20)9-16-4-3-7-27-16/h3-8,10,12H,9,11H2,1-2H3,(H,22,23,26). The highest BCUT2D eigenvalue weighted by atomic mass is 32.2. The lowest BCUT2D eigenvalue weighted by atomic mass is 10.1. The van der Waals surface area contributed by atoms with Gasteiger partial charge >= 0.3 is 0 Å². The fraction of sp³-hybridized carbons (Fsp3) is 0.200. The highest BCUT2D eigenvalue weighted by Gasteiger charge is 2.12. The van der Waals surface area contributed by atoms with Gasteiger partial charge in [0.25, 0.3) is 0 Å². The van der Waals surface area contributed by atoms with Gasteiger partial charge in [0.15, 0.2) is 10.3 Å². The molecule has 0 atom stereocenters. The van der Waals surface area contributed by atoms with Crippen molar-refractivity contribution in [3.63, 3.8) is 0 Å². The van der Waals surface area contributed by atoms with E-state index >= 15 is 0 Å². The molecule has 0 aliphatic carbocycles. The summed E-state index contributed by atoms with van der Waals surface area (Å²) in [5.41, 5.74) is 4.37. The van der Waals surface area contributed by atoms with Gasteiger partial charge < -0.3 is 14.3 Å². The number of rotatable bonds is 7. The van der Waals surface area contributed by atoms with Crippen LogP contribution in [0.25, 0.3) is 11.3 Å². The maximum absolute atomic E-state index is 12.3. The smallest absolute Gasteiger partial charge is 0.236 e. The minimum Gasteiger partial charge on any atom is -0.467 e. The summed E-state index contributed by atoms with van der Waals surface area (Å²) in [6.45, 7) is 4.68. The van der Waals surface area contributed by atoms with Crippen molar-refractivity contribution in [2.24, 2.45) is 0 Å². The Morgan fingerprint density at radius 2 is 2.17 bits per heavy atom. The molecule has 3 aromatic heterocycles. The largest absolute Gasteiger partial charge is 0.467 e. The molecule has 0 radical (unpaired) electrons. The van der Waals surface area contributed by atoms with Gasteiger partial charge in [-0.2, -0.15) is 0 Å². The number of hydrogen-bond donors (Lipinski definition) is 1. The highest BCUT2D eigenvalue weighted by molar-refractivity contribution is 7.99. The lowest BCUT2D eigenvalue weighted by molar-refractivity contribution is -0.113. The number of hydrogen-bond acceptors (Lipinski definition) is 7. The lowest BCUT2D eigenvalue weighted by Gasteiger charge is -2.04. The number of nitrogens with zero attached hydrogens (tertiary/aromatic N) is 4. The predicted octanol–water partition coefficient (Wildman–Crippen LogP) is 4.39. The topological polar surface area (TPSA) is 85.8 Å². The number of carbonyl (C=O) groups excluding carboxylic acids is 1. The summed E-state index contributed by atoms with van der Waals surface area (Å²) in [7, 11) is 0. The number of carbonyl (C=O) groups is 1. The maximum Gasteiger partial charge on any atom is 0.236 e. The van der Waals surface area contributed by atoms with Crippen molar-refractivity contribution < 1.29 is 9.21 Å². The Labute approximate surface area is 176 Å². The third kappa shape index (κ3) is 4.75. The van der Waals surface area contributed by atoms with Gasteiger partial charge in [0.2, 0.25) is 5.91 Å². The molecule has 0 bridgehead atoms. The summed E-state index contributed by atoms with van der Waals surface area (Å²) in [6.07, 6.45) is 3.25. The van der Waals surface area contributed by atoms with E-state index in [-0.39, 0.29) is 11.7 Å². The first-order chi connectivity index (χ1) is 14.1. The van der Waals surface area contributed by atoms with Gasteiger partial charge in [-0.3, -0.25) is 4.79 Å². The van der Waals surface area contributed by atoms with Crippen LogP contribution in [-0.2, 0) is 11.3 Å². The van der Waals surface area contributed by atoms with Crippen LogP contribution in [0.1, 0.15) is 16.9 Å². The Morgan fingerprint density at radius 3 is 2.97 bits per heavy atom. The molecule has 9 heteroatoms. The molecule has 0 fully saturated rings. The van der Waals surface area contributed by atoms with Gasteiger partial charge in [-0.15, -0.1) is 21.5 Å². The maximum atomic E-state index is 12.3. The van der Waals surface area contributed by atoms with E-state index < -0.39 is 0 Å². The summed E-state index contributed by atoms with van der Waals surface area (Å²) in [5.74, 6) is 0.886. The summed E-state index contributed by atoms with van der Waals surface area (Å²) in [6, 6.07) is 9.96. The summed E-state index contributed by atoms with van der Waals surface area (Å²) >= 11 is 2.74. The van der Waals surface area contributed by atoms with Crippen molar-refractivity contribution in [3.8, 4) is 11.3 Å². The van der Waals surface area contributed by atoms with Crippen LogP contribution < -0.4 is 5.32 Å². The van der Waals surface area contributed by atoms with Crippen LogP contribution in [0.15, 0.2) is 57.9 Å². The SMILES string of the molecule is Cc1ccc(-c2csc(NC(=O)CSc3nncn3Cc3ccco3)n2)cc1C. The molecule has 0 saturated heterocycles. The number of aromatic nitrogens is 4. The molecule has 0 aliphatic heterocycles. The number of amides is 1. The fourth-order valence-electron chi connectivity index (χ4n) is 2.68. The second-order valence-electron chi connectivity index (χ2n) is 6.49. The fourth-order valence-corrected chi connectivity index (χ4v) is 4.14. The van der Waals surface area contributed by atoms with Crippen LogP contribution in [0.4, 0.5) is 5.13 Å². The normalized spacial score (nSPS) is 11.0. The summed E-state index contributed by atoms with van der Waals surface area (Å²) in [5, 5.41) is 14.1. The molecule has 7 nitrogen and oxygen atoms in total. The van der Waals surface area contributed by atoms with E-state index in [1.54, 1.807) is 12.6 Å². The zero-order valence-corrected chi connectivity index (χ0v) is 17.6. The van der Waals surface area contributed by atoms with E-state index in [1.807, 2.05) is 28.1 Å². The molecule has 0 unspecified atom stereocenters. The molecule has 0 spiro atoms. The van der Waals surface area contributed by atoms with E-state index in [0.29, 0.717) is 16.8 Å². The monoisotopic (exact) mass is 425 g/mol. The third-order valence-corrected chi connectivity index (χ3v) is 6.11. The Hall–Kier alpha value is -2.91. The molecule has 4 rings (SSSR count). The van der Waals surface area contributed by atoms with Crippen LogP contribution in [-0.4, -0.2) is 31.4 Å². The number of aryl methyl sites for hydroxylation is 2. The third-order valence-electron chi connectivity index (χ3n) is 4.37. The molecule has 3 heterocycles. The van der Waals surface area contributed by atoms with Crippen molar-refractivity contribution in [2.75, 3.05) is 11.1 Å². The average molecular weight is 426 g/mol. The number of thiazole rings is 1. The minimum absolute atomic E-state index is 0.136. The molecular weight excluding hydrogens is 406 g/mol.